The SMILES string of the molecule is CCOC1(OC)CCc2c(O)cncc21. The van der Waals surface area contributed by atoms with Crippen molar-refractivity contribution in [2.45, 2.75) is 25.6 Å². The Labute approximate surface area is 88.9 Å². The fourth-order valence-electron chi connectivity index (χ4n) is 2.15. The second kappa shape index (κ2) is 3.79. The molecule has 1 aromatic heterocycles. The van der Waals surface area contributed by atoms with Crippen LogP contribution < -0.4 is 0 Å². The molecule has 1 aliphatic carbocycles. The maximum atomic E-state index is 9.65. The number of fused-ring (bicyclic) bond motifs is 1. The summed E-state index contributed by atoms with van der Waals surface area (Å²) < 4.78 is 11.1. The lowest BCUT2D eigenvalue weighted by molar-refractivity contribution is -0.227. The summed E-state index contributed by atoms with van der Waals surface area (Å²) in [6, 6.07) is 0. The Bertz CT molecular complexity index is 367. The van der Waals surface area contributed by atoms with Crippen LogP contribution in [0.1, 0.15) is 24.5 Å². The van der Waals surface area contributed by atoms with Crippen molar-refractivity contribution in [3.05, 3.63) is 23.5 Å². The summed E-state index contributed by atoms with van der Waals surface area (Å²) in [6.07, 6.45) is 4.65. The fourth-order valence-corrected chi connectivity index (χ4v) is 2.15. The number of rotatable bonds is 3. The van der Waals surface area contributed by atoms with Gasteiger partial charge in [0, 0.05) is 37.5 Å². The molecule has 4 nitrogen and oxygen atoms in total. The van der Waals surface area contributed by atoms with E-state index in [9.17, 15) is 5.11 Å². The van der Waals surface area contributed by atoms with Crippen LogP contribution in [0.5, 0.6) is 5.75 Å². The minimum absolute atomic E-state index is 0.228. The largest absolute Gasteiger partial charge is 0.506 e. The molecule has 0 radical (unpaired) electrons. The third-order valence-electron chi connectivity index (χ3n) is 2.86. The van der Waals surface area contributed by atoms with Gasteiger partial charge in [-0.3, -0.25) is 4.98 Å². The summed E-state index contributed by atoms with van der Waals surface area (Å²) >= 11 is 0. The second-order valence-electron chi connectivity index (χ2n) is 3.57. The molecule has 1 heterocycles. The maximum absolute atomic E-state index is 9.65. The van der Waals surface area contributed by atoms with E-state index in [1.54, 1.807) is 13.3 Å². The van der Waals surface area contributed by atoms with Gasteiger partial charge in [-0.1, -0.05) is 0 Å². The van der Waals surface area contributed by atoms with Gasteiger partial charge < -0.3 is 14.6 Å². The molecule has 82 valence electrons. The lowest BCUT2D eigenvalue weighted by Gasteiger charge is -2.28. The molecule has 0 aromatic carbocycles. The average Bonchev–Trinajstić information content (AvgIpc) is 2.61. The third-order valence-corrected chi connectivity index (χ3v) is 2.86. The third kappa shape index (κ3) is 1.50. The Morgan fingerprint density at radius 3 is 3.00 bits per heavy atom. The molecule has 1 N–H and O–H groups in total. The van der Waals surface area contributed by atoms with E-state index in [1.807, 2.05) is 6.92 Å². The summed E-state index contributed by atoms with van der Waals surface area (Å²) in [6.45, 7) is 2.50. The van der Waals surface area contributed by atoms with E-state index in [1.165, 1.54) is 6.20 Å². The van der Waals surface area contributed by atoms with E-state index in [0.29, 0.717) is 6.61 Å². The van der Waals surface area contributed by atoms with Crippen molar-refractivity contribution in [1.29, 1.82) is 0 Å². The molecule has 2 rings (SSSR count). The van der Waals surface area contributed by atoms with Crippen LogP contribution in [0.4, 0.5) is 0 Å². The predicted molar refractivity (Wildman–Crippen MR) is 54.5 cm³/mol. The number of nitrogens with zero attached hydrogens (tertiary/aromatic N) is 1. The Morgan fingerprint density at radius 1 is 1.53 bits per heavy atom. The normalized spacial score (nSPS) is 24.1. The van der Waals surface area contributed by atoms with E-state index in [2.05, 4.69) is 4.98 Å². The molecule has 1 unspecified atom stereocenters. The highest BCUT2D eigenvalue weighted by Crippen LogP contribution is 2.43. The molecule has 0 fully saturated rings. The molecule has 0 saturated heterocycles. The Kier molecular flexibility index (Phi) is 2.63. The topological polar surface area (TPSA) is 51.6 Å². The van der Waals surface area contributed by atoms with E-state index in [-0.39, 0.29) is 5.75 Å². The summed E-state index contributed by atoms with van der Waals surface area (Å²) in [4.78, 5) is 3.97. The molecular weight excluding hydrogens is 194 g/mol. The van der Waals surface area contributed by atoms with E-state index < -0.39 is 5.79 Å². The highest BCUT2D eigenvalue weighted by Gasteiger charge is 2.41. The van der Waals surface area contributed by atoms with Crippen LogP contribution in [0.3, 0.4) is 0 Å². The van der Waals surface area contributed by atoms with Gasteiger partial charge in [0.2, 0.25) is 0 Å². The highest BCUT2D eigenvalue weighted by atomic mass is 16.7. The van der Waals surface area contributed by atoms with Gasteiger partial charge in [0.25, 0.3) is 0 Å². The van der Waals surface area contributed by atoms with Crippen LogP contribution in [0.15, 0.2) is 12.4 Å². The summed E-state index contributed by atoms with van der Waals surface area (Å²) in [5.74, 6) is -0.485. The molecule has 1 aromatic rings. The maximum Gasteiger partial charge on any atom is 0.196 e. The minimum Gasteiger partial charge on any atom is -0.506 e. The minimum atomic E-state index is -0.712. The number of hydrogen-bond donors (Lipinski definition) is 1. The van der Waals surface area contributed by atoms with Crippen LogP contribution in [0.2, 0.25) is 0 Å². The lowest BCUT2D eigenvalue weighted by Crippen LogP contribution is -2.29. The lowest BCUT2D eigenvalue weighted by atomic mass is 10.1. The Morgan fingerprint density at radius 2 is 2.33 bits per heavy atom. The quantitative estimate of drug-likeness (QED) is 0.768. The van der Waals surface area contributed by atoms with E-state index in [0.717, 1.165) is 24.0 Å². The average molecular weight is 209 g/mol. The van der Waals surface area contributed by atoms with Gasteiger partial charge in [-0.15, -0.1) is 0 Å². The monoisotopic (exact) mass is 209 g/mol. The van der Waals surface area contributed by atoms with Crippen molar-refractivity contribution in [2.75, 3.05) is 13.7 Å². The molecule has 1 aliphatic rings. The zero-order valence-electron chi connectivity index (χ0n) is 8.99. The standard InChI is InChI=1S/C11H15NO3/c1-3-15-11(14-2)5-4-8-9(11)6-12-7-10(8)13/h6-7,13H,3-5H2,1-2H3. The zero-order chi connectivity index (χ0) is 10.9. The van der Waals surface area contributed by atoms with E-state index >= 15 is 0 Å². The van der Waals surface area contributed by atoms with Gasteiger partial charge in [0.05, 0.1) is 6.20 Å². The number of methoxy groups -OCH3 is 1. The molecule has 0 amide bonds. The fraction of sp³-hybridized carbons (Fsp3) is 0.545. The molecular formula is C11H15NO3. The van der Waals surface area contributed by atoms with Crippen LogP contribution in [0.25, 0.3) is 0 Å². The second-order valence-corrected chi connectivity index (χ2v) is 3.57. The molecule has 1 atom stereocenters. The van der Waals surface area contributed by atoms with Gasteiger partial charge in [0.15, 0.2) is 5.79 Å². The number of hydrogen-bond acceptors (Lipinski definition) is 4. The number of ether oxygens (including phenoxy) is 2. The van der Waals surface area contributed by atoms with Crippen molar-refractivity contribution < 1.29 is 14.6 Å². The predicted octanol–water partition coefficient (Wildman–Crippen LogP) is 1.57. The van der Waals surface area contributed by atoms with Crippen LogP contribution in [-0.2, 0) is 21.7 Å². The molecule has 0 saturated carbocycles. The Hall–Kier alpha value is -1.13. The highest BCUT2D eigenvalue weighted by molar-refractivity contribution is 5.42. The van der Waals surface area contributed by atoms with Crippen molar-refractivity contribution in [3.63, 3.8) is 0 Å². The molecule has 0 aliphatic heterocycles. The van der Waals surface area contributed by atoms with Crippen molar-refractivity contribution in [1.82, 2.24) is 4.98 Å². The molecule has 0 bridgehead atoms. The first-order valence-corrected chi connectivity index (χ1v) is 5.09. The van der Waals surface area contributed by atoms with Gasteiger partial charge in [-0.2, -0.15) is 0 Å². The summed E-state index contributed by atoms with van der Waals surface area (Å²) in [7, 11) is 1.62. The molecule has 4 heteroatoms. The first-order chi connectivity index (χ1) is 7.23. The first-order valence-electron chi connectivity index (χ1n) is 5.09. The summed E-state index contributed by atoms with van der Waals surface area (Å²) in [5.41, 5.74) is 1.74. The smallest absolute Gasteiger partial charge is 0.196 e. The van der Waals surface area contributed by atoms with Crippen LogP contribution in [0, 0.1) is 0 Å². The van der Waals surface area contributed by atoms with Gasteiger partial charge in [-0.05, 0) is 13.3 Å². The number of aromatic nitrogens is 1. The van der Waals surface area contributed by atoms with Crippen LogP contribution >= 0.6 is 0 Å². The first kappa shape index (κ1) is 10.4. The van der Waals surface area contributed by atoms with Crippen molar-refractivity contribution in [3.8, 4) is 5.75 Å². The molecule has 0 spiro atoms. The summed E-state index contributed by atoms with van der Waals surface area (Å²) in [5, 5.41) is 9.65. The van der Waals surface area contributed by atoms with Crippen LogP contribution in [-0.4, -0.2) is 23.8 Å². The van der Waals surface area contributed by atoms with E-state index in [4.69, 9.17) is 9.47 Å². The van der Waals surface area contributed by atoms with Gasteiger partial charge in [0.1, 0.15) is 5.75 Å². The number of aromatic hydroxyl groups is 1. The van der Waals surface area contributed by atoms with Gasteiger partial charge >= 0.3 is 0 Å². The van der Waals surface area contributed by atoms with Crippen molar-refractivity contribution >= 4 is 0 Å². The zero-order valence-corrected chi connectivity index (χ0v) is 8.99. The number of pyridine rings is 1. The Balaban J connectivity index is 2.46. The van der Waals surface area contributed by atoms with Crippen molar-refractivity contribution in [2.24, 2.45) is 0 Å². The molecule has 15 heavy (non-hydrogen) atoms. The van der Waals surface area contributed by atoms with Gasteiger partial charge in [-0.25, -0.2) is 0 Å².